The van der Waals surface area contributed by atoms with Crippen LogP contribution < -0.4 is 5.32 Å². The van der Waals surface area contributed by atoms with E-state index in [0.717, 1.165) is 25.7 Å². The van der Waals surface area contributed by atoms with Crippen LogP contribution >= 0.6 is 15.9 Å². The Morgan fingerprint density at radius 1 is 1.44 bits per heavy atom. The number of nitrogens with zero attached hydrogens (tertiary/aromatic N) is 1. The summed E-state index contributed by atoms with van der Waals surface area (Å²) in [5.41, 5.74) is 0.126. The summed E-state index contributed by atoms with van der Waals surface area (Å²) in [5, 5.41) is 12.5. The van der Waals surface area contributed by atoms with E-state index in [1.807, 2.05) is 0 Å². The Morgan fingerprint density at radius 3 is 2.78 bits per heavy atom. The van der Waals surface area contributed by atoms with Gasteiger partial charge in [-0.05, 0) is 40.9 Å². The SMILES string of the molecule is O=C(NC1(CO)CCCCC1)c1ccnc(Br)c1. The molecule has 0 saturated heterocycles. The van der Waals surface area contributed by atoms with E-state index >= 15 is 0 Å². The van der Waals surface area contributed by atoms with Gasteiger partial charge in [0.2, 0.25) is 0 Å². The quantitative estimate of drug-likeness (QED) is 0.842. The lowest BCUT2D eigenvalue weighted by molar-refractivity contribution is 0.0758. The Bertz CT molecular complexity index is 431. The molecule has 0 atom stereocenters. The van der Waals surface area contributed by atoms with Gasteiger partial charge in [0, 0.05) is 11.8 Å². The number of carbonyl (C=O) groups is 1. The summed E-state index contributed by atoms with van der Waals surface area (Å²) in [6.45, 7) is 0.00495. The highest BCUT2D eigenvalue weighted by molar-refractivity contribution is 9.10. The summed E-state index contributed by atoms with van der Waals surface area (Å²) in [6, 6.07) is 3.36. The summed E-state index contributed by atoms with van der Waals surface area (Å²) in [4.78, 5) is 16.2. The van der Waals surface area contributed by atoms with Crippen molar-refractivity contribution in [3.8, 4) is 0 Å². The van der Waals surface area contributed by atoms with E-state index in [1.165, 1.54) is 6.42 Å². The first-order valence-electron chi connectivity index (χ1n) is 6.20. The molecule has 0 aromatic carbocycles. The summed E-state index contributed by atoms with van der Waals surface area (Å²) in [6.07, 6.45) is 6.58. The number of aliphatic hydroxyl groups excluding tert-OH is 1. The Labute approximate surface area is 115 Å². The monoisotopic (exact) mass is 312 g/mol. The highest BCUT2D eigenvalue weighted by atomic mass is 79.9. The molecule has 5 heteroatoms. The van der Waals surface area contributed by atoms with E-state index in [9.17, 15) is 9.90 Å². The average molecular weight is 313 g/mol. The molecule has 1 aliphatic rings. The zero-order valence-electron chi connectivity index (χ0n) is 10.2. The van der Waals surface area contributed by atoms with E-state index in [-0.39, 0.29) is 12.5 Å². The van der Waals surface area contributed by atoms with Crippen molar-refractivity contribution in [3.63, 3.8) is 0 Å². The van der Waals surface area contributed by atoms with Gasteiger partial charge in [-0.1, -0.05) is 19.3 Å². The van der Waals surface area contributed by atoms with Crippen LogP contribution in [0, 0.1) is 0 Å². The molecule has 1 saturated carbocycles. The summed E-state index contributed by atoms with van der Waals surface area (Å²) in [5.74, 6) is -0.144. The minimum atomic E-state index is -0.439. The van der Waals surface area contributed by atoms with E-state index < -0.39 is 5.54 Å². The zero-order valence-corrected chi connectivity index (χ0v) is 11.7. The molecule has 0 aliphatic heterocycles. The molecule has 1 amide bonds. The van der Waals surface area contributed by atoms with Gasteiger partial charge >= 0.3 is 0 Å². The Kier molecular flexibility index (Phi) is 4.35. The van der Waals surface area contributed by atoms with E-state index in [4.69, 9.17) is 0 Å². The lowest BCUT2D eigenvalue weighted by atomic mass is 9.82. The maximum absolute atomic E-state index is 12.2. The molecule has 98 valence electrons. The van der Waals surface area contributed by atoms with Gasteiger partial charge in [0.15, 0.2) is 0 Å². The predicted molar refractivity (Wildman–Crippen MR) is 72.3 cm³/mol. The third-order valence-corrected chi connectivity index (χ3v) is 3.91. The summed E-state index contributed by atoms with van der Waals surface area (Å²) < 4.78 is 0.636. The third kappa shape index (κ3) is 3.09. The van der Waals surface area contributed by atoms with E-state index in [1.54, 1.807) is 18.3 Å². The summed E-state index contributed by atoms with van der Waals surface area (Å²) >= 11 is 3.25. The molecule has 1 aromatic rings. The molecular weight excluding hydrogens is 296 g/mol. The van der Waals surface area contributed by atoms with Crippen molar-refractivity contribution in [3.05, 3.63) is 28.5 Å². The second-order valence-electron chi connectivity index (χ2n) is 4.82. The number of nitrogens with one attached hydrogen (secondary N) is 1. The maximum Gasteiger partial charge on any atom is 0.251 e. The van der Waals surface area contributed by atoms with Crippen LogP contribution in [-0.4, -0.2) is 28.1 Å². The number of carbonyl (C=O) groups excluding carboxylic acids is 1. The molecule has 2 N–H and O–H groups in total. The highest BCUT2D eigenvalue weighted by Crippen LogP contribution is 2.28. The van der Waals surface area contributed by atoms with Crippen LogP contribution in [0.2, 0.25) is 0 Å². The third-order valence-electron chi connectivity index (χ3n) is 3.48. The molecule has 18 heavy (non-hydrogen) atoms. The molecule has 1 aliphatic carbocycles. The van der Waals surface area contributed by atoms with Crippen molar-refractivity contribution in [2.24, 2.45) is 0 Å². The number of amides is 1. The van der Waals surface area contributed by atoms with Crippen molar-refractivity contribution in [1.29, 1.82) is 0 Å². The van der Waals surface area contributed by atoms with Crippen LogP contribution in [0.5, 0.6) is 0 Å². The fourth-order valence-electron chi connectivity index (χ4n) is 2.41. The number of hydrogen-bond acceptors (Lipinski definition) is 3. The second kappa shape index (κ2) is 5.80. The van der Waals surface area contributed by atoms with Gasteiger partial charge in [0.25, 0.3) is 5.91 Å². The van der Waals surface area contributed by atoms with Crippen molar-refractivity contribution in [2.45, 2.75) is 37.6 Å². The van der Waals surface area contributed by atoms with Gasteiger partial charge in [-0.2, -0.15) is 0 Å². The van der Waals surface area contributed by atoms with Crippen LogP contribution in [0.25, 0.3) is 0 Å². The normalized spacial score (nSPS) is 18.3. The van der Waals surface area contributed by atoms with E-state index in [0.29, 0.717) is 10.2 Å². The number of aromatic nitrogens is 1. The van der Waals surface area contributed by atoms with Crippen LogP contribution in [0.1, 0.15) is 42.5 Å². The fraction of sp³-hybridized carbons (Fsp3) is 0.538. The molecule has 1 aromatic heterocycles. The number of halogens is 1. The Morgan fingerprint density at radius 2 is 2.17 bits per heavy atom. The first-order valence-corrected chi connectivity index (χ1v) is 6.99. The summed E-state index contributed by atoms with van der Waals surface area (Å²) in [7, 11) is 0. The van der Waals surface area contributed by atoms with Gasteiger partial charge < -0.3 is 10.4 Å². The predicted octanol–water partition coefficient (Wildman–Crippen LogP) is 2.27. The number of aliphatic hydroxyl groups is 1. The van der Waals surface area contributed by atoms with Crippen molar-refractivity contribution in [2.75, 3.05) is 6.61 Å². The molecule has 0 radical (unpaired) electrons. The van der Waals surface area contributed by atoms with Gasteiger partial charge in [0.1, 0.15) is 4.60 Å². The van der Waals surface area contributed by atoms with Gasteiger partial charge in [-0.15, -0.1) is 0 Å². The average Bonchev–Trinajstić information content (AvgIpc) is 2.40. The number of rotatable bonds is 3. The van der Waals surface area contributed by atoms with Crippen molar-refractivity contribution in [1.82, 2.24) is 10.3 Å². The molecule has 0 unspecified atom stereocenters. The highest BCUT2D eigenvalue weighted by Gasteiger charge is 2.33. The second-order valence-corrected chi connectivity index (χ2v) is 5.63. The standard InChI is InChI=1S/C13H17BrN2O2/c14-11-8-10(4-7-15-11)12(18)16-13(9-17)5-2-1-3-6-13/h4,7-8,17H,1-3,5-6,9H2,(H,16,18). The van der Waals surface area contributed by atoms with Gasteiger partial charge in [0.05, 0.1) is 12.1 Å². The van der Waals surface area contributed by atoms with E-state index in [2.05, 4.69) is 26.2 Å². The number of hydrogen-bond donors (Lipinski definition) is 2. The fourth-order valence-corrected chi connectivity index (χ4v) is 2.77. The first kappa shape index (κ1) is 13.5. The Hall–Kier alpha value is -0.940. The van der Waals surface area contributed by atoms with Gasteiger partial charge in [-0.3, -0.25) is 4.79 Å². The smallest absolute Gasteiger partial charge is 0.251 e. The number of pyridine rings is 1. The minimum Gasteiger partial charge on any atom is -0.394 e. The largest absolute Gasteiger partial charge is 0.394 e. The molecule has 4 nitrogen and oxygen atoms in total. The molecule has 2 rings (SSSR count). The Balaban J connectivity index is 2.10. The minimum absolute atomic E-state index is 0.00495. The van der Waals surface area contributed by atoms with Crippen LogP contribution in [0.4, 0.5) is 0 Å². The first-order chi connectivity index (χ1) is 8.65. The molecule has 0 spiro atoms. The van der Waals surface area contributed by atoms with Gasteiger partial charge in [-0.25, -0.2) is 4.98 Å². The zero-order chi connectivity index (χ0) is 13.0. The molecule has 0 bridgehead atoms. The topological polar surface area (TPSA) is 62.2 Å². The van der Waals surface area contributed by atoms with Crippen LogP contribution in [0.3, 0.4) is 0 Å². The molecule has 1 fully saturated rings. The van der Waals surface area contributed by atoms with Crippen LogP contribution in [-0.2, 0) is 0 Å². The molecular formula is C13H17BrN2O2. The van der Waals surface area contributed by atoms with Crippen molar-refractivity contribution >= 4 is 21.8 Å². The lowest BCUT2D eigenvalue weighted by Gasteiger charge is -2.36. The maximum atomic E-state index is 12.2. The molecule has 1 heterocycles. The van der Waals surface area contributed by atoms with Crippen LogP contribution in [0.15, 0.2) is 22.9 Å². The lowest BCUT2D eigenvalue weighted by Crippen LogP contribution is -2.52. The van der Waals surface area contributed by atoms with Crippen molar-refractivity contribution < 1.29 is 9.90 Å².